The Hall–Kier alpha value is -2.00. The van der Waals surface area contributed by atoms with Gasteiger partial charge in [-0.1, -0.05) is 24.3 Å². The monoisotopic (exact) mass is 285 g/mol. The van der Waals surface area contributed by atoms with Crippen molar-refractivity contribution in [2.24, 2.45) is 5.73 Å². The third-order valence-corrected chi connectivity index (χ3v) is 3.66. The molecule has 0 spiro atoms. The maximum Gasteiger partial charge on any atom is 0.130 e. The van der Waals surface area contributed by atoms with Crippen LogP contribution >= 0.6 is 0 Å². The van der Waals surface area contributed by atoms with Gasteiger partial charge in [0, 0.05) is 5.56 Å². The van der Waals surface area contributed by atoms with E-state index < -0.39 is 0 Å². The average Bonchev–Trinajstić information content (AvgIpc) is 2.56. The summed E-state index contributed by atoms with van der Waals surface area (Å²) in [6, 6.07) is 12.6. The van der Waals surface area contributed by atoms with Crippen molar-refractivity contribution in [2.75, 3.05) is 20.8 Å². The fourth-order valence-corrected chi connectivity index (χ4v) is 2.67. The van der Waals surface area contributed by atoms with E-state index in [0.717, 1.165) is 30.9 Å². The minimum atomic E-state index is 0.819. The highest BCUT2D eigenvalue weighted by atomic mass is 16.5. The predicted octanol–water partition coefficient (Wildman–Crippen LogP) is 3.57. The molecule has 2 N–H and O–H groups in total. The van der Waals surface area contributed by atoms with Crippen LogP contribution in [0.1, 0.15) is 17.5 Å². The Labute approximate surface area is 126 Å². The van der Waals surface area contributed by atoms with Gasteiger partial charge in [-0.05, 0) is 55.6 Å². The summed E-state index contributed by atoms with van der Waals surface area (Å²) in [5.74, 6) is 1.95. The third kappa shape index (κ3) is 3.19. The molecule has 0 unspecified atom stereocenters. The molecule has 0 aliphatic carbocycles. The summed E-state index contributed by atoms with van der Waals surface area (Å²) in [5, 5.41) is 0. The molecule has 21 heavy (non-hydrogen) atoms. The average molecular weight is 285 g/mol. The predicted molar refractivity (Wildman–Crippen MR) is 87.1 cm³/mol. The fraction of sp³-hybridized carbons (Fsp3) is 0.333. The molecule has 0 atom stereocenters. The number of fused-ring (bicyclic) bond motifs is 1. The number of nitrogens with two attached hydrogens (primary N) is 1. The van der Waals surface area contributed by atoms with Gasteiger partial charge in [-0.15, -0.1) is 0 Å². The van der Waals surface area contributed by atoms with Gasteiger partial charge in [0.2, 0.25) is 0 Å². The Balaban J connectivity index is 0.000000774. The summed E-state index contributed by atoms with van der Waals surface area (Å²) in [4.78, 5) is 0. The molecule has 1 heterocycles. The summed E-state index contributed by atoms with van der Waals surface area (Å²) in [5.41, 5.74) is 9.44. The number of benzene rings is 2. The van der Waals surface area contributed by atoms with Crippen LogP contribution in [0.5, 0.6) is 11.5 Å². The van der Waals surface area contributed by atoms with Gasteiger partial charge in [0.05, 0.1) is 13.7 Å². The van der Waals surface area contributed by atoms with E-state index in [1.54, 1.807) is 7.11 Å². The minimum Gasteiger partial charge on any atom is -0.497 e. The van der Waals surface area contributed by atoms with Gasteiger partial charge >= 0.3 is 0 Å². The molecule has 1 aliphatic heterocycles. The van der Waals surface area contributed by atoms with E-state index in [4.69, 9.17) is 9.47 Å². The number of rotatable bonds is 2. The zero-order chi connectivity index (χ0) is 15.2. The highest BCUT2D eigenvalue weighted by Crippen LogP contribution is 2.38. The first-order chi connectivity index (χ1) is 10.3. The molecule has 3 heteroatoms. The zero-order valence-electron chi connectivity index (χ0n) is 13.0. The lowest BCUT2D eigenvalue weighted by atomic mass is 9.95. The number of aryl methyl sites for hydroxylation is 2. The summed E-state index contributed by atoms with van der Waals surface area (Å²) < 4.78 is 11.2. The lowest BCUT2D eigenvalue weighted by Crippen LogP contribution is -2.09. The van der Waals surface area contributed by atoms with Gasteiger partial charge in [-0.25, -0.2) is 0 Å². The van der Waals surface area contributed by atoms with Crippen LogP contribution in [0.2, 0.25) is 0 Å². The molecular formula is C18H23NO2. The second kappa shape index (κ2) is 7.14. The van der Waals surface area contributed by atoms with Crippen LogP contribution in [-0.2, 0) is 6.42 Å². The van der Waals surface area contributed by atoms with Crippen molar-refractivity contribution >= 4 is 0 Å². The first kappa shape index (κ1) is 15.4. The van der Waals surface area contributed by atoms with E-state index >= 15 is 0 Å². The van der Waals surface area contributed by atoms with E-state index in [1.807, 2.05) is 6.07 Å². The van der Waals surface area contributed by atoms with E-state index in [-0.39, 0.29) is 0 Å². The second-order valence-corrected chi connectivity index (χ2v) is 4.93. The molecule has 0 saturated carbocycles. The molecule has 0 saturated heterocycles. The summed E-state index contributed by atoms with van der Waals surface area (Å²) in [7, 11) is 3.20. The van der Waals surface area contributed by atoms with Crippen LogP contribution in [-0.4, -0.2) is 20.8 Å². The Bertz CT molecular complexity index is 608. The Kier molecular flexibility index (Phi) is 5.23. The molecule has 0 amide bonds. The van der Waals surface area contributed by atoms with Crippen LogP contribution in [0.15, 0.2) is 36.4 Å². The van der Waals surface area contributed by atoms with Crippen LogP contribution < -0.4 is 15.2 Å². The maximum absolute atomic E-state index is 5.89. The van der Waals surface area contributed by atoms with Crippen molar-refractivity contribution in [3.8, 4) is 22.6 Å². The second-order valence-electron chi connectivity index (χ2n) is 4.93. The van der Waals surface area contributed by atoms with Crippen LogP contribution in [0.25, 0.3) is 11.1 Å². The Morgan fingerprint density at radius 3 is 2.62 bits per heavy atom. The van der Waals surface area contributed by atoms with E-state index in [1.165, 1.54) is 29.3 Å². The first-order valence-electron chi connectivity index (χ1n) is 7.27. The topological polar surface area (TPSA) is 44.5 Å². The SMILES string of the molecule is CN.COc1ccc(-c2cccc3c2OCCC3)c(C)c1. The molecule has 3 nitrogen and oxygen atoms in total. The molecule has 1 aliphatic rings. The smallest absolute Gasteiger partial charge is 0.130 e. The van der Waals surface area contributed by atoms with Crippen molar-refractivity contribution in [1.82, 2.24) is 0 Å². The van der Waals surface area contributed by atoms with Crippen molar-refractivity contribution < 1.29 is 9.47 Å². The quantitative estimate of drug-likeness (QED) is 0.917. The zero-order valence-corrected chi connectivity index (χ0v) is 13.0. The number of hydrogen-bond acceptors (Lipinski definition) is 3. The number of ether oxygens (including phenoxy) is 2. The van der Waals surface area contributed by atoms with Crippen LogP contribution in [0.4, 0.5) is 0 Å². The third-order valence-electron chi connectivity index (χ3n) is 3.66. The summed E-state index contributed by atoms with van der Waals surface area (Å²) in [6.07, 6.45) is 2.22. The fourth-order valence-electron chi connectivity index (χ4n) is 2.67. The summed E-state index contributed by atoms with van der Waals surface area (Å²) >= 11 is 0. The van der Waals surface area contributed by atoms with Gasteiger partial charge in [0.25, 0.3) is 0 Å². The Morgan fingerprint density at radius 2 is 1.90 bits per heavy atom. The highest BCUT2D eigenvalue weighted by Gasteiger charge is 2.16. The molecular weight excluding hydrogens is 262 g/mol. The number of methoxy groups -OCH3 is 1. The maximum atomic E-state index is 5.89. The molecule has 0 radical (unpaired) electrons. The lowest BCUT2D eigenvalue weighted by Gasteiger charge is -2.21. The van der Waals surface area contributed by atoms with Crippen molar-refractivity contribution in [3.05, 3.63) is 47.5 Å². The molecule has 0 aromatic heterocycles. The van der Waals surface area contributed by atoms with Crippen molar-refractivity contribution in [1.29, 1.82) is 0 Å². The van der Waals surface area contributed by atoms with E-state index in [2.05, 4.69) is 43.0 Å². The molecule has 3 rings (SSSR count). The van der Waals surface area contributed by atoms with Crippen molar-refractivity contribution in [3.63, 3.8) is 0 Å². The molecule has 112 valence electrons. The normalized spacial score (nSPS) is 12.6. The first-order valence-corrected chi connectivity index (χ1v) is 7.27. The van der Waals surface area contributed by atoms with E-state index in [9.17, 15) is 0 Å². The van der Waals surface area contributed by atoms with Gasteiger partial charge in [-0.3, -0.25) is 0 Å². The molecule has 2 aromatic rings. The van der Waals surface area contributed by atoms with Crippen LogP contribution in [0.3, 0.4) is 0 Å². The van der Waals surface area contributed by atoms with Gasteiger partial charge in [0.1, 0.15) is 11.5 Å². The van der Waals surface area contributed by atoms with Gasteiger partial charge in [0.15, 0.2) is 0 Å². The number of hydrogen-bond donors (Lipinski definition) is 1. The standard InChI is InChI=1S/C17H18O2.CH5N/c1-12-11-14(18-2)8-9-15(12)16-7-3-5-13-6-4-10-19-17(13)16;1-2/h3,5,7-9,11H,4,6,10H2,1-2H3;2H2,1H3. The Morgan fingerprint density at radius 1 is 1.10 bits per heavy atom. The van der Waals surface area contributed by atoms with E-state index in [0.29, 0.717) is 0 Å². The van der Waals surface area contributed by atoms with Gasteiger partial charge < -0.3 is 15.2 Å². The summed E-state index contributed by atoms with van der Waals surface area (Å²) in [6.45, 7) is 2.93. The largest absolute Gasteiger partial charge is 0.497 e. The highest BCUT2D eigenvalue weighted by molar-refractivity contribution is 5.75. The molecule has 0 fully saturated rings. The van der Waals surface area contributed by atoms with Gasteiger partial charge in [-0.2, -0.15) is 0 Å². The van der Waals surface area contributed by atoms with Crippen molar-refractivity contribution in [2.45, 2.75) is 19.8 Å². The number of para-hydroxylation sites is 1. The molecule has 0 bridgehead atoms. The van der Waals surface area contributed by atoms with Crippen LogP contribution in [0, 0.1) is 6.92 Å². The molecule has 2 aromatic carbocycles. The lowest BCUT2D eigenvalue weighted by molar-refractivity contribution is 0.289. The minimum absolute atomic E-state index is 0.819.